The Labute approximate surface area is 138 Å². The molecular weight excluding hydrogens is 300 g/mol. The highest BCUT2D eigenvalue weighted by molar-refractivity contribution is 6.04. The molecule has 0 aliphatic carbocycles. The summed E-state index contributed by atoms with van der Waals surface area (Å²) in [5.74, 6) is 0.582. The third kappa shape index (κ3) is 2.75. The second-order valence-electron chi connectivity index (χ2n) is 5.38. The summed E-state index contributed by atoms with van der Waals surface area (Å²) in [6.45, 7) is 0. The number of fused-ring (bicyclic) bond motifs is 1. The van der Waals surface area contributed by atoms with Crippen LogP contribution in [-0.4, -0.2) is 20.9 Å². The molecule has 0 atom stereocenters. The average Bonchev–Trinajstić information content (AvgIpc) is 3.07. The molecule has 24 heavy (non-hydrogen) atoms. The first kappa shape index (κ1) is 14.1. The Morgan fingerprint density at radius 1 is 1.00 bits per heavy atom. The van der Waals surface area contributed by atoms with Gasteiger partial charge in [0, 0.05) is 23.6 Å². The number of aromatic amines is 1. The number of nitrogens with one attached hydrogen (secondary N) is 2. The lowest BCUT2D eigenvalue weighted by molar-refractivity contribution is 0.102. The number of hydrogen-bond donors (Lipinski definition) is 2. The quantitative estimate of drug-likeness (QED) is 0.603. The van der Waals surface area contributed by atoms with E-state index in [4.69, 9.17) is 0 Å². The molecule has 0 saturated heterocycles. The van der Waals surface area contributed by atoms with Gasteiger partial charge in [-0.1, -0.05) is 24.3 Å². The first-order chi connectivity index (χ1) is 11.8. The van der Waals surface area contributed by atoms with E-state index in [0.717, 1.165) is 22.4 Å². The zero-order valence-corrected chi connectivity index (χ0v) is 12.7. The summed E-state index contributed by atoms with van der Waals surface area (Å²) in [5.41, 5.74) is 4.04. The number of carbonyl (C=O) groups is 1. The van der Waals surface area contributed by atoms with Crippen molar-refractivity contribution in [2.45, 2.75) is 0 Å². The fourth-order valence-corrected chi connectivity index (χ4v) is 2.53. The van der Waals surface area contributed by atoms with Crippen molar-refractivity contribution in [2.75, 3.05) is 5.32 Å². The number of nitrogens with zero attached hydrogens (tertiary/aromatic N) is 2. The fraction of sp³-hybridized carbons (Fsp3) is 0. The normalized spacial score (nSPS) is 10.7. The van der Waals surface area contributed by atoms with Crippen LogP contribution >= 0.6 is 0 Å². The number of imidazole rings is 1. The molecule has 0 unspecified atom stereocenters. The highest BCUT2D eigenvalue weighted by Crippen LogP contribution is 2.23. The van der Waals surface area contributed by atoms with Crippen molar-refractivity contribution in [2.24, 2.45) is 0 Å². The lowest BCUT2D eigenvalue weighted by Crippen LogP contribution is -2.11. The minimum atomic E-state index is -0.190. The van der Waals surface area contributed by atoms with Crippen molar-refractivity contribution in [1.82, 2.24) is 15.0 Å². The zero-order valence-electron chi connectivity index (χ0n) is 12.7. The summed E-state index contributed by atoms with van der Waals surface area (Å²) in [6, 6.07) is 18.9. The number of para-hydroxylation sites is 2. The van der Waals surface area contributed by atoms with Crippen LogP contribution in [0.2, 0.25) is 0 Å². The van der Waals surface area contributed by atoms with Gasteiger partial charge in [-0.3, -0.25) is 9.78 Å². The third-order valence-corrected chi connectivity index (χ3v) is 3.71. The van der Waals surface area contributed by atoms with Gasteiger partial charge in [0.25, 0.3) is 5.91 Å². The molecule has 2 N–H and O–H groups in total. The number of H-pyrrole nitrogens is 1. The predicted molar refractivity (Wildman–Crippen MR) is 93.7 cm³/mol. The molecule has 1 amide bonds. The maximum absolute atomic E-state index is 12.2. The van der Waals surface area contributed by atoms with Crippen LogP contribution in [0.3, 0.4) is 0 Å². The van der Waals surface area contributed by atoms with E-state index in [9.17, 15) is 4.79 Å². The Kier molecular flexibility index (Phi) is 3.51. The molecule has 0 fully saturated rings. The van der Waals surface area contributed by atoms with Gasteiger partial charge in [-0.25, -0.2) is 4.98 Å². The molecule has 5 nitrogen and oxygen atoms in total. The summed E-state index contributed by atoms with van der Waals surface area (Å²) in [5, 5.41) is 2.88. The predicted octanol–water partition coefficient (Wildman–Crippen LogP) is 3.88. The molecule has 0 radical (unpaired) electrons. The number of hydrogen-bond acceptors (Lipinski definition) is 3. The maximum Gasteiger partial charge on any atom is 0.257 e. The van der Waals surface area contributed by atoms with E-state index >= 15 is 0 Å². The van der Waals surface area contributed by atoms with E-state index in [1.165, 1.54) is 0 Å². The van der Waals surface area contributed by atoms with Gasteiger partial charge >= 0.3 is 0 Å². The summed E-state index contributed by atoms with van der Waals surface area (Å²) >= 11 is 0. The van der Waals surface area contributed by atoms with Crippen molar-refractivity contribution in [1.29, 1.82) is 0 Å². The molecule has 4 aromatic rings. The van der Waals surface area contributed by atoms with E-state index in [-0.39, 0.29) is 5.91 Å². The molecule has 2 aromatic heterocycles. The molecule has 5 heteroatoms. The van der Waals surface area contributed by atoms with Gasteiger partial charge in [0.05, 0.1) is 16.6 Å². The van der Waals surface area contributed by atoms with Crippen LogP contribution < -0.4 is 5.32 Å². The average molecular weight is 314 g/mol. The second-order valence-corrected chi connectivity index (χ2v) is 5.38. The SMILES string of the molecule is O=C(Nc1cccc(-c2nc3ccccc3[nH]2)c1)c1cccnc1. The summed E-state index contributed by atoms with van der Waals surface area (Å²) < 4.78 is 0. The highest BCUT2D eigenvalue weighted by atomic mass is 16.1. The summed E-state index contributed by atoms with van der Waals surface area (Å²) in [7, 11) is 0. The van der Waals surface area contributed by atoms with Crippen LogP contribution in [0.1, 0.15) is 10.4 Å². The van der Waals surface area contributed by atoms with Gasteiger partial charge in [0.15, 0.2) is 0 Å². The molecule has 0 aliphatic rings. The van der Waals surface area contributed by atoms with Crippen molar-refractivity contribution < 1.29 is 4.79 Å². The van der Waals surface area contributed by atoms with Gasteiger partial charge in [-0.2, -0.15) is 0 Å². The molecular formula is C19H14N4O. The highest BCUT2D eigenvalue weighted by Gasteiger charge is 2.08. The number of rotatable bonds is 3. The Bertz CT molecular complexity index is 975. The minimum Gasteiger partial charge on any atom is -0.338 e. The van der Waals surface area contributed by atoms with E-state index in [2.05, 4.69) is 20.3 Å². The van der Waals surface area contributed by atoms with Crippen LogP contribution in [0.4, 0.5) is 5.69 Å². The maximum atomic E-state index is 12.2. The van der Waals surface area contributed by atoms with Crippen LogP contribution in [-0.2, 0) is 0 Å². The smallest absolute Gasteiger partial charge is 0.257 e. The lowest BCUT2D eigenvalue weighted by Gasteiger charge is -2.06. The van der Waals surface area contributed by atoms with Crippen LogP contribution in [0, 0.1) is 0 Å². The largest absolute Gasteiger partial charge is 0.338 e. The molecule has 2 heterocycles. The first-order valence-electron chi connectivity index (χ1n) is 7.56. The Morgan fingerprint density at radius 3 is 2.75 bits per heavy atom. The zero-order chi connectivity index (χ0) is 16.4. The molecule has 4 rings (SSSR count). The van der Waals surface area contributed by atoms with E-state index < -0.39 is 0 Å². The molecule has 0 saturated carbocycles. The lowest BCUT2D eigenvalue weighted by atomic mass is 10.2. The van der Waals surface area contributed by atoms with Crippen LogP contribution in [0.5, 0.6) is 0 Å². The Hall–Kier alpha value is -3.47. The molecule has 0 spiro atoms. The Morgan fingerprint density at radius 2 is 1.92 bits per heavy atom. The number of anilines is 1. The van der Waals surface area contributed by atoms with E-state index in [0.29, 0.717) is 11.3 Å². The topological polar surface area (TPSA) is 70.7 Å². The molecule has 0 bridgehead atoms. The Balaban J connectivity index is 1.63. The van der Waals surface area contributed by atoms with Gasteiger partial charge < -0.3 is 10.3 Å². The van der Waals surface area contributed by atoms with Gasteiger partial charge in [0.1, 0.15) is 5.82 Å². The number of pyridine rings is 1. The monoisotopic (exact) mass is 314 g/mol. The van der Waals surface area contributed by atoms with Crippen molar-refractivity contribution in [3.63, 3.8) is 0 Å². The number of benzene rings is 2. The molecule has 2 aromatic carbocycles. The van der Waals surface area contributed by atoms with Crippen LogP contribution in [0.15, 0.2) is 73.1 Å². The van der Waals surface area contributed by atoms with Gasteiger partial charge in [-0.15, -0.1) is 0 Å². The summed E-state index contributed by atoms with van der Waals surface area (Å²) in [4.78, 5) is 24.1. The van der Waals surface area contributed by atoms with Crippen molar-refractivity contribution in [3.8, 4) is 11.4 Å². The third-order valence-electron chi connectivity index (χ3n) is 3.71. The summed E-state index contributed by atoms with van der Waals surface area (Å²) in [6.07, 6.45) is 3.18. The first-order valence-corrected chi connectivity index (χ1v) is 7.56. The van der Waals surface area contributed by atoms with Crippen molar-refractivity contribution >= 4 is 22.6 Å². The fourth-order valence-electron chi connectivity index (χ4n) is 2.53. The van der Waals surface area contributed by atoms with Crippen molar-refractivity contribution in [3.05, 3.63) is 78.6 Å². The number of amides is 1. The molecule has 116 valence electrons. The molecule has 0 aliphatic heterocycles. The van der Waals surface area contributed by atoms with Gasteiger partial charge in [-0.05, 0) is 36.4 Å². The van der Waals surface area contributed by atoms with Gasteiger partial charge in [0.2, 0.25) is 0 Å². The van der Waals surface area contributed by atoms with Crippen LogP contribution in [0.25, 0.3) is 22.4 Å². The number of aromatic nitrogens is 3. The van der Waals surface area contributed by atoms with E-state index in [1.807, 2.05) is 48.5 Å². The minimum absolute atomic E-state index is 0.190. The van der Waals surface area contributed by atoms with E-state index in [1.54, 1.807) is 24.5 Å². The number of carbonyl (C=O) groups excluding carboxylic acids is 1. The second kappa shape index (κ2) is 5.96. The standard InChI is InChI=1S/C19H14N4O/c24-19(14-6-4-10-20-12-14)21-15-7-3-5-13(11-15)18-22-16-8-1-2-9-17(16)23-18/h1-12H,(H,21,24)(H,22,23).